The van der Waals surface area contributed by atoms with E-state index >= 15 is 0 Å². The first-order valence-electron chi connectivity index (χ1n) is 13.7. The van der Waals surface area contributed by atoms with Gasteiger partial charge in [-0.2, -0.15) is 0 Å². The van der Waals surface area contributed by atoms with Crippen LogP contribution in [0.2, 0.25) is 0 Å². The first-order valence-corrected chi connectivity index (χ1v) is 14.5. The summed E-state index contributed by atoms with van der Waals surface area (Å²) in [5.74, 6) is -0.748. The topological polar surface area (TPSA) is 77.7 Å². The van der Waals surface area contributed by atoms with Gasteiger partial charge in [0, 0.05) is 23.6 Å². The molecule has 2 unspecified atom stereocenters. The molecule has 7 rings (SSSR count). The number of hydrogen-bond acceptors (Lipinski definition) is 8. The second-order valence-electron chi connectivity index (χ2n) is 11.1. The number of halogens is 2. The summed E-state index contributed by atoms with van der Waals surface area (Å²) >= 11 is 1.61. The molecule has 0 amide bonds. The summed E-state index contributed by atoms with van der Waals surface area (Å²) < 4.78 is 47.2. The number of piperidine rings is 1. The summed E-state index contributed by atoms with van der Waals surface area (Å²) in [7, 11) is 1.39. The highest BCUT2D eigenvalue weighted by atomic mass is 32.1. The predicted octanol–water partition coefficient (Wildman–Crippen LogP) is 6.92. The zero-order valence-corrected chi connectivity index (χ0v) is 23.1. The Labute approximate surface area is 234 Å². The summed E-state index contributed by atoms with van der Waals surface area (Å²) in [6.07, 6.45) is 5.76. The first-order chi connectivity index (χ1) is 19.4. The zero-order valence-electron chi connectivity index (χ0n) is 22.3. The van der Waals surface area contributed by atoms with Crippen LogP contribution in [0.4, 0.5) is 13.9 Å². The normalized spacial score (nSPS) is 22.3. The molecule has 208 valence electrons. The SMILES string of the molecule is COC(=O)c1cc(C)c2nc(N3C4CC[C@H]3CC(OCc3c(-c5c(F)cccc5F)noc3C3CC3)C4)sc2c1. The van der Waals surface area contributed by atoms with Gasteiger partial charge < -0.3 is 18.9 Å². The molecule has 3 fully saturated rings. The van der Waals surface area contributed by atoms with E-state index in [1.807, 2.05) is 19.1 Å². The number of nitrogens with zero attached hydrogens (tertiary/aromatic N) is 3. The van der Waals surface area contributed by atoms with Gasteiger partial charge in [0.05, 0.1) is 41.2 Å². The molecule has 2 bridgehead atoms. The van der Waals surface area contributed by atoms with Crippen LogP contribution in [0.15, 0.2) is 34.9 Å². The van der Waals surface area contributed by atoms with Crippen molar-refractivity contribution in [1.29, 1.82) is 0 Å². The molecule has 0 radical (unpaired) electrons. The van der Waals surface area contributed by atoms with Crippen molar-refractivity contribution in [3.63, 3.8) is 0 Å². The van der Waals surface area contributed by atoms with Crippen molar-refractivity contribution in [3.8, 4) is 11.3 Å². The maximum atomic E-state index is 14.6. The lowest BCUT2D eigenvalue weighted by Crippen LogP contribution is -2.45. The van der Waals surface area contributed by atoms with Gasteiger partial charge in [0.1, 0.15) is 23.1 Å². The maximum Gasteiger partial charge on any atom is 0.337 e. The number of fused-ring (bicyclic) bond motifs is 3. The molecule has 2 aromatic heterocycles. The van der Waals surface area contributed by atoms with Gasteiger partial charge >= 0.3 is 5.97 Å². The van der Waals surface area contributed by atoms with E-state index in [9.17, 15) is 13.6 Å². The third-order valence-electron chi connectivity index (χ3n) is 8.44. The van der Waals surface area contributed by atoms with Gasteiger partial charge in [0.15, 0.2) is 5.13 Å². The lowest BCUT2D eigenvalue weighted by molar-refractivity contribution is 0.0147. The maximum absolute atomic E-state index is 14.6. The number of esters is 1. The number of carbonyl (C=O) groups excluding carboxylic acids is 1. The average Bonchev–Trinajstić information content (AvgIpc) is 3.46. The highest BCUT2D eigenvalue weighted by Gasteiger charge is 2.43. The van der Waals surface area contributed by atoms with Crippen LogP contribution in [0.1, 0.15) is 71.7 Å². The lowest BCUT2D eigenvalue weighted by atomic mass is 10.00. The second-order valence-corrected chi connectivity index (χ2v) is 12.1. The Kier molecular flexibility index (Phi) is 6.35. The van der Waals surface area contributed by atoms with Gasteiger partial charge in [0.2, 0.25) is 0 Å². The minimum atomic E-state index is -0.659. The molecule has 2 aromatic carbocycles. The number of methoxy groups -OCH3 is 1. The van der Waals surface area contributed by atoms with Crippen molar-refractivity contribution in [3.05, 3.63) is 64.4 Å². The number of ether oxygens (including phenoxy) is 2. The van der Waals surface area contributed by atoms with Crippen molar-refractivity contribution in [2.75, 3.05) is 12.0 Å². The third-order valence-corrected chi connectivity index (χ3v) is 9.45. The summed E-state index contributed by atoms with van der Waals surface area (Å²) in [6.45, 7) is 2.17. The minimum absolute atomic E-state index is 0.0102. The summed E-state index contributed by atoms with van der Waals surface area (Å²) in [6, 6.07) is 8.09. The number of aromatic nitrogens is 2. The number of anilines is 1. The fraction of sp³-hybridized carbons (Fsp3) is 0.433. The molecule has 1 aliphatic carbocycles. The minimum Gasteiger partial charge on any atom is -0.465 e. The number of carbonyl (C=O) groups is 1. The van der Waals surface area contributed by atoms with Crippen molar-refractivity contribution in [2.24, 2.45) is 0 Å². The van der Waals surface area contributed by atoms with E-state index < -0.39 is 11.6 Å². The van der Waals surface area contributed by atoms with E-state index in [4.69, 9.17) is 19.0 Å². The lowest BCUT2D eigenvalue weighted by Gasteiger charge is -2.38. The van der Waals surface area contributed by atoms with Gasteiger partial charge in [0.25, 0.3) is 0 Å². The molecule has 0 N–H and O–H groups in total. The molecule has 3 aliphatic rings. The van der Waals surface area contributed by atoms with Crippen LogP contribution in [-0.2, 0) is 16.1 Å². The van der Waals surface area contributed by atoms with Crippen LogP contribution in [0.3, 0.4) is 0 Å². The van der Waals surface area contributed by atoms with E-state index in [-0.39, 0.29) is 35.9 Å². The van der Waals surface area contributed by atoms with Crippen LogP contribution in [0.5, 0.6) is 0 Å². The molecule has 2 aliphatic heterocycles. The third kappa shape index (κ3) is 4.37. The second kappa shape index (κ2) is 9.92. The molecular formula is C30H29F2N3O4S. The Morgan fingerprint density at radius 3 is 2.52 bits per heavy atom. The Balaban J connectivity index is 1.10. The van der Waals surface area contributed by atoms with Gasteiger partial charge in [-0.1, -0.05) is 22.6 Å². The highest BCUT2D eigenvalue weighted by Crippen LogP contribution is 2.46. The summed E-state index contributed by atoms with van der Waals surface area (Å²) in [5, 5.41) is 5.07. The Morgan fingerprint density at radius 2 is 1.85 bits per heavy atom. The number of thiazole rings is 1. The zero-order chi connectivity index (χ0) is 27.5. The molecular weight excluding hydrogens is 536 g/mol. The molecule has 40 heavy (non-hydrogen) atoms. The van der Waals surface area contributed by atoms with Crippen molar-refractivity contribution >= 4 is 32.7 Å². The number of hydrogen-bond donors (Lipinski definition) is 0. The van der Waals surface area contributed by atoms with Gasteiger partial charge in [-0.3, -0.25) is 0 Å². The monoisotopic (exact) mass is 565 g/mol. The van der Waals surface area contributed by atoms with E-state index in [0.717, 1.165) is 59.4 Å². The van der Waals surface area contributed by atoms with Gasteiger partial charge in [-0.25, -0.2) is 18.6 Å². The fourth-order valence-corrected chi connectivity index (χ4v) is 7.58. The number of benzene rings is 2. The smallest absolute Gasteiger partial charge is 0.337 e. The predicted molar refractivity (Wildman–Crippen MR) is 147 cm³/mol. The van der Waals surface area contributed by atoms with Crippen molar-refractivity contribution in [2.45, 2.75) is 76.2 Å². The van der Waals surface area contributed by atoms with E-state index in [2.05, 4.69) is 10.1 Å². The molecule has 2 saturated heterocycles. The molecule has 10 heteroatoms. The van der Waals surface area contributed by atoms with E-state index in [1.54, 1.807) is 11.3 Å². The van der Waals surface area contributed by atoms with Crippen molar-refractivity contribution in [1.82, 2.24) is 10.1 Å². The molecule has 4 heterocycles. The van der Waals surface area contributed by atoms with Crippen LogP contribution in [0.25, 0.3) is 21.5 Å². The van der Waals surface area contributed by atoms with E-state index in [0.29, 0.717) is 29.0 Å². The van der Waals surface area contributed by atoms with E-state index in [1.165, 1.54) is 25.3 Å². The quantitative estimate of drug-likeness (QED) is 0.225. The van der Waals surface area contributed by atoms with Gasteiger partial charge in [-0.15, -0.1) is 0 Å². The van der Waals surface area contributed by atoms with Crippen molar-refractivity contribution < 1.29 is 27.6 Å². The number of rotatable bonds is 7. The Bertz CT molecular complexity index is 1580. The highest BCUT2D eigenvalue weighted by molar-refractivity contribution is 7.22. The molecule has 3 atom stereocenters. The molecule has 7 nitrogen and oxygen atoms in total. The fourth-order valence-electron chi connectivity index (χ4n) is 6.36. The summed E-state index contributed by atoms with van der Waals surface area (Å²) in [4.78, 5) is 19.5. The molecule has 1 saturated carbocycles. The molecule has 4 aromatic rings. The Hall–Kier alpha value is -3.37. The Morgan fingerprint density at radius 1 is 1.12 bits per heavy atom. The standard InChI is InChI=1S/C30H29F2N3O4S/c1-15-10-17(29(36)37-2)11-24-26(15)33-30(40-24)35-18-8-9-19(35)13-20(12-18)38-14-21-27(34-39-28(21)16-6-7-16)25-22(31)4-3-5-23(25)32/h3-5,10-11,16,18-20H,6-9,12-14H2,1-2H3/t18-,19?,20?/m0/s1. The summed E-state index contributed by atoms with van der Waals surface area (Å²) in [5.41, 5.74) is 3.10. The average molecular weight is 566 g/mol. The molecule has 0 spiro atoms. The first kappa shape index (κ1) is 25.6. The largest absolute Gasteiger partial charge is 0.465 e. The van der Waals surface area contributed by atoms with Crippen LogP contribution in [-0.4, -0.2) is 41.4 Å². The van der Waals surface area contributed by atoms with Gasteiger partial charge in [-0.05, 0) is 75.3 Å². The van der Waals surface area contributed by atoms with Crippen LogP contribution < -0.4 is 4.90 Å². The van der Waals surface area contributed by atoms with Crippen LogP contribution in [0, 0.1) is 18.6 Å². The van der Waals surface area contributed by atoms with Crippen LogP contribution >= 0.6 is 11.3 Å². The number of aryl methyl sites for hydroxylation is 1.